The molecular weight excluding hydrogens is 246 g/mol. The predicted molar refractivity (Wildman–Crippen MR) is 59.2 cm³/mol. The van der Waals surface area contributed by atoms with Gasteiger partial charge in [-0.25, -0.2) is 0 Å². The van der Waals surface area contributed by atoms with Gasteiger partial charge in [-0.1, -0.05) is 0 Å². The van der Waals surface area contributed by atoms with E-state index in [2.05, 4.69) is 15.6 Å². The van der Waals surface area contributed by atoms with Crippen molar-refractivity contribution in [3.8, 4) is 0 Å². The van der Waals surface area contributed by atoms with Crippen LogP contribution in [-0.4, -0.2) is 20.7 Å². The molecule has 0 aliphatic heterocycles. The van der Waals surface area contributed by atoms with E-state index in [9.17, 15) is 4.57 Å². The summed E-state index contributed by atoms with van der Waals surface area (Å²) in [4.78, 5) is 0. The quantitative estimate of drug-likeness (QED) is 0.560. The standard InChI is InChI=1S/C10H14OPSe/c1-10(2,3)12(11,13)9-7-5-4-6-8-9/h4-8H,1-3H3. The van der Waals surface area contributed by atoms with Crippen LogP contribution in [0.25, 0.3) is 0 Å². The Morgan fingerprint density at radius 1 is 1.15 bits per heavy atom. The van der Waals surface area contributed by atoms with Crippen molar-refractivity contribution in [2.75, 3.05) is 0 Å². The van der Waals surface area contributed by atoms with Crippen molar-refractivity contribution in [1.82, 2.24) is 0 Å². The summed E-state index contributed by atoms with van der Waals surface area (Å²) >= 11 is 2.87. The molecular formula is C10H14OPSe. The van der Waals surface area contributed by atoms with Crippen LogP contribution in [0.3, 0.4) is 0 Å². The molecule has 0 aliphatic carbocycles. The number of hydrogen-bond acceptors (Lipinski definition) is 1. The van der Waals surface area contributed by atoms with E-state index in [1.807, 2.05) is 51.1 Å². The summed E-state index contributed by atoms with van der Waals surface area (Å²) in [7, 11) is 0. The van der Waals surface area contributed by atoms with Crippen LogP contribution in [-0.2, 0) is 4.57 Å². The average molecular weight is 260 g/mol. The molecule has 71 valence electrons. The van der Waals surface area contributed by atoms with E-state index in [4.69, 9.17) is 0 Å². The molecule has 0 N–H and O–H groups in total. The Kier molecular flexibility index (Phi) is 3.07. The molecule has 0 heterocycles. The second kappa shape index (κ2) is 3.61. The van der Waals surface area contributed by atoms with Crippen LogP contribution >= 0.6 is 5.83 Å². The van der Waals surface area contributed by atoms with Gasteiger partial charge in [0.05, 0.1) is 0 Å². The Bertz CT molecular complexity index is 327. The van der Waals surface area contributed by atoms with E-state index in [1.165, 1.54) is 0 Å². The normalized spacial score (nSPS) is 16.6. The van der Waals surface area contributed by atoms with Gasteiger partial charge in [-0.15, -0.1) is 0 Å². The second-order valence-corrected chi connectivity index (χ2v) is 10.3. The summed E-state index contributed by atoms with van der Waals surface area (Å²) in [6.45, 7) is 5.99. The first-order valence-corrected chi connectivity index (χ1v) is 8.15. The van der Waals surface area contributed by atoms with Gasteiger partial charge in [-0.3, -0.25) is 0 Å². The Morgan fingerprint density at radius 3 is 2.00 bits per heavy atom. The molecule has 1 rings (SSSR count). The maximum absolute atomic E-state index is 12.4. The third kappa shape index (κ3) is 2.25. The molecule has 1 nitrogen and oxygen atoms in total. The molecule has 13 heavy (non-hydrogen) atoms. The first-order chi connectivity index (χ1) is 5.86. The van der Waals surface area contributed by atoms with Crippen LogP contribution in [0.5, 0.6) is 0 Å². The van der Waals surface area contributed by atoms with Gasteiger partial charge in [0.25, 0.3) is 0 Å². The minimum atomic E-state index is -2.35. The Labute approximate surface area is 87.7 Å². The van der Waals surface area contributed by atoms with Gasteiger partial charge in [0.15, 0.2) is 0 Å². The second-order valence-electron chi connectivity index (χ2n) is 4.06. The maximum atomic E-state index is 12.4. The molecule has 0 aliphatic rings. The van der Waals surface area contributed by atoms with Crippen LogP contribution in [0.15, 0.2) is 30.3 Å². The van der Waals surface area contributed by atoms with Gasteiger partial charge in [0, 0.05) is 0 Å². The summed E-state index contributed by atoms with van der Waals surface area (Å²) in [6.07, 6.45) is 0. The number of benzene rings is 1. The molecule has 0 spiro atoms. The molecule has 1 atom stereocenters. The van der Waals surface area contributed by atoms with Crippen LogP contribution in [0, 0.1) is 0 Å². The molecule has 1 radical (unpaired) electrons. The molecule has 3 heteroatoms. The van der Waals surface area contributed by atoms with Crippen LogP contribution in [0.4, 0.5) is 0 Å². The van der Waals surface area contributed by atoms with Gasteiger partial charge < -0.3 is 0 Å². The molecule has 0 fully saturated rings. The first-order valence-electron chi connectivity index (χ1n) is 4.22. The van der Waals surface area contributed by atoms with E-state index >= 15 is 0 Å². The Hall–Kier alpha value is -0.0305. The van der Waals surface area contributed by atoms with Crippen molar-refractivity contribution in [3.63, 3.8) is 0 Å². The molecule has 0 saturated heterocycles. The van der Waals surface area contributed by atoms with Crippen molar-refractivity contribution in [1.29, 1.82) is 0 Å². The van der Waals surface area contributed by atoms with Crippen molar-refractivity contribution < 1.29 is 4.57 Å². The molecule has 1 unspecified atom stereocenters. The van der Waals surface area contributed by atoms with Crippen molar-refractivity contribution in [2.24, 2.45) is 0 Å². The molecule has 0 saturated carbocycles. The third-order valence-corrected chi connectivity index (χ3v) is 9.50. The van der Waals surface area contributed by atoms with Gasteiger partial charge in [-0.2, -0.15) is 0 Å². The van der Waals surface area contributed by atoms with Gasteiger partial charge in [0.1, 0.15) is 0 Å². The van der Waals surface area contributed by atoms with E-state index in [1.54, 1.807) is 0 Å². The third-order valence-electron chi connectivity index (χ3n) is 1.98. The fourth-order valence-corrected chi connectivity index (χ4v) is 3.12. The number of rotatable bonds is 1. The van der Waals surface area contributed by atoms with Gasteiger partial charge >= 0.3 is 87.5 Å². The van der Waals surface area contributed by atoms with E-state index in [-0.39, 0.29) is 5.16 Å². The summed E-state index contributed by atoms with van der Waals surface area (Å²) in [5.74, 6) is -2.35. The molecule has 0 amide bonds. The van der Waals surface area contributed by atoms with Crippen molar-refractivity contribution in [3.05, 3.63) is 30.3 Å². The SMILES string of the molecule is CC(C)(C)P(=O)([Se])c1ccccc1. The monoisotopic (exact) mass is 261 g/mol. The molecule has 0 bridgehead atoms. The zero-order valence-electron chi connectivity index (χ0n) is 8.15. The zero-order chi connectivity index (χ0) is 10.1. The topological polar surface area (TPSA) is 17.1 Å². The minimum absolute atomic E-state index is 0.200. The van der Waals surface area contributed by atoms with Gasteiger partial charge in [0.2, 0.25) is 0 Å². The van der Waals surface area contributed by atoms with E-state index in [0.717, 1.165) is 5.30 Å². The Balaban J connectivity index is 3.17. The zero-order valence-corrected chi connectivity index (χ0v) is 10.8. The fourth-order valence-electron chi connectivity index (χ4n) is 1.01. The molecule has 1 aromatic rings. The first kappa shape index (κ1) is 11.0. The summed E-state index contributed by atoms with van der Waals surface area (Å²) < 4.78 is 12.4. The predicted octanol–water partition coefficient (Wildman–Crippen LogP) is 2.56. The molecule has 0 aromatic heterocycles. The van der Waals surface area contributed by atoms with Crippen LogP contribution in [0.2, 0.25) is 0 Å². The van der Waals surface area contributed by atoms with Crippen molar-refractivity contribution in [2.45, 2.75) is 25.9 Å². The summed E-state index contributed by atoms with van der Waals surface area (Å²) in [6, 6.07) is 9.62. The fraction of sp³-hybridized carbons (Fsp3) is 0.400. The van der Waals surface area contributed by atoms with Crippen molar-refractivity contribution >= 4 is 26.7 Å². The Morgan fingerprint density at radius 2 is 1.62 bits per heavy atom. The molecule has 1 aromatic carbocycles. The van der Waals surface area contributed by atoms with E-state index < -0.39 is 5.83 Å². The van der Waals surface area contributed by atoms with Crippen LogP contribution in [0.1, 0.15) is 20.8 Å². The summed E-state index contributed by atoms with van der Waals surface area (Å²) in [5, 5.41) is 0.719. The average Bonchev–Trinajstić information content (AvgIpc) is 2.04. The van der Waals surface area contributed by atoms with E-state index in [0.29, 0.717) is 0 Å². The van der Waals surface area contributed by atoms with Crippen LogP contribution < -0.4 is 5.30 Å². The summed E-state index contributed by atoms with van der Waals surface area (Å²) in [5.41, 5.74) is 0. The van der Waals surface area contributed by atoms with Gasteiger partial charge in [-0.05, 0) is 0 Å². The number of hydrogen-bond donors (Lipinski definition) is 0.